The molecule has 0 unspecified atom stereocenters. The molecule has 2 aromatic carbocycles. The van der Waals surface area contributed by atoms with Crippen LogP contribution in [0, 0.1) is 8.83 Å². The maximum Gasteiger partial charge on any atom is 0.178 e. The summed E-state index contributed by atoms with van der Waals surface area (Å²) in [6.45, 7) is 0. The highest BCUT2D eigenvalue weighted by Crippen LogP contribution is 2.32. The molecule has 0 saturated carbocycles. The van der Waals surface area contributed by atoms with Crippen LogP contribution in [0.4, 0.5) is 4.39 Å². The lowest BCUT2D eigenvalue weighted by atomic mass is 10.0. The summed E-state index contributed by atoms with van der Waals surface area (Å²) in [6.07, 6.45) is 0. The van der Waals surface area contributed by atoms with Gasteiger partial charge in [-0.25, -0.2) is 4.39 Å². The molecule has 0 radical (unpaired) electrons. The van der Waals surface area contributed by atoms with E-state index in [0.717, 1.165) is 19.0 Å². The molecule has 5 heteroatoms. The van der Waals surface area contributed by atoms with Crippen molar-refractivity contribution >= 4 is 44.7 Å². The van der Waals surface area contributed by atoms with Gasteiger partial charge in [-0.15, -0.1) is 10.2 Å². The largest absolute Gasteiger partial charge is 0.206 e. The summed E-state index contributed by atoms with van der Waals surface area (Å²) < 4.78 is 14.5. The van der Waals surface area contributed by atoms with Gasteiger partial charge in [0.2, 0.25) is 0 Å². The molecule has 0 bridgehead atoms. The minimum absolute atomic E-state index is 0.205. The second-order valence-electron chi connectivity index (χ2n) is 3.50. The van der Waals surface area contributed by atoms with E-state index in [-0.39, 0.29) is 5.82 Å². The highest BCUT2D eigenvalue weighted by molar-refractivity contribution is 14.1. The predicted molar refractivity (Wildman–Crippen MR) is 75.5 cm³/mol. The van der Waals surface area contributed by atoms with Crippen molar-refractivity contribution in [3.05, 3.63) is 45.2 Å². The summed E-state index contributed by atoms with van der Waals surface area (Å²) in [5.41, 5.74) is 0.933. The second-order valence-corrected chi connectivity index (χ2v) is 6.23. The summed E-state index contributed by atoms with van der Waals surface area (Å²) in [5.74, 6) is -0.205. The molecule has 0 spiro atoms. The Balaban J connectivity index is 2.34. The molecule has 3 aromatic rings. The van der Waals surface area contributed by atoms with Crippen molar-refractivity contribution in [2.45, 2.75) is 0 Å². The molecule has 0 fully saturated rings. The predicted octanol–water partition coefficient (Wildman–Crippen LogP) is 4.10. The van der Waals surface area contributed by atoms with E-state index >= 15 is 0 Å². The number of hydrogen-bond donors (Lipinski definition) is 0. The van der Waals surface area contributed by atoms with Crippen LogP contribution in [-0.2, 0) is 0 Å². The summed E-state index contributed by atoms with van der Waals surface area (Å²) in [4.78, 5) is 0. The average molecular weight is 356 g/mol. The summed E-state index contributed by atoms with van der Waals surface area (Å²) >= 11 is 3.63. The van der Waals surface area contributed by atoms with Crippen LogP contribution in [0.15, 0.2) is 36.4 Å². The van der Waals surface area contributed by atoms with Crippen molar-refractivity contribution in [2.24, 2.45) is 0 Å². The zero-order chi connectivity index (χ0) is 11.8. The van der Waals surface area contributed by atoms with E-state index in [4.69, 9.17) is 0 Å². The number of benzene rings is 2. The van der Waals surface area contributed by atoms with Crippen LogP contribution < -0.4 is 0 Å². The molecule has 84 valence electrons. The molecular weight excluding hydrogens is 350 g/mol. The van der Waals surface area contributed by atoms with E-state index < -0.39 is 0 Å². The molecule has 0 amide bonds. The third kappa shape index (κ3) is 1.93. The molecule has 2 nitrogen and oxygen atoms in total. The zero-order valence-electron chi connectivity index (χ0n) is 8.52. The topological polar surface area (TPSA) is 25.8 Å². The van der Waals surface area contributed by atoms with Gasteiger partial charge in [0.15, 0.2) is 3.01 Å². The molecular formula is C12H6FIN2S. The Labute approximate surface area is 115 Å². The molecule has 0 atom stereocenters. The van der Waals surface area contributed by atoms with E-state index in [1.165, 1.54) is 17.4 Å². The Hall–Kier alpha value is -1.08. The van der Waals surface area contributed by atoms with Crippen molar-refractivity contribution < 1.29 is 4.39 Å². The SMILES string of the molecule is Fc1ccc(-c2nnc(I)s2)c2ccccc12. The lowest BCUT2D eigenvalue weighted by Gasteiger charge is -2.03. The van der Waals surface area contributed by atoms with Crippen molar-refractivity contribution in [3.8, 4) is 10.6 Å². The minimum atomic E-state index is -0.205. The first kappa shape index (κ1) is 11.0. The van der Waals surface area contributed by atoms with Gasteiger partial charge < -0.3 is 0 Å². The van der Waals surface area contributed by atoms with Gasteiger partial charge in [0.1, 0.15) is 10.8 Å². The zero-order valence-corrected chi connectivity index (χ0v) is 11.5. The van der Waals surface area contributed by atoms with Gasteiger partial charge in [-0.1, -0.05) is 35.6 Å². The van der Waals surface area contributed by atoms with E-state index in [0.29, 0.717) is 5.39 Å². The van der Waals surface area contributed by atoms with Crippen LogP contribution in [0.1, 0.15) is 0 Å². The van der Waals surface area contributed by atoms with Gasteiger partial charge >= 0.3 is 0 Å². The number of rotatable bonds is 1. The summed E-state index contributed by atoms with van der Waals surface area (Å²) in [7, 11) is 0. The molecule has 0 N–H and O–H groups in total. The fourth-order valence-electron chi connectivity index (χ4n) is 1.76. The minimum Gasteiger partial charge on any atom is -0.206 e. The lowest BCUT2D eigenvalue weighted by Crippen LogP contribution is -1.84. The normalized spacial score (nSPS) is 10.9. The number of halogens is 2. The smallest absolute Gasteiger partial charge is 0.178 e. The van der Waals surface area contributed by atoms with Gasteiger partial charge in [-0.05, 0) is 40.1 Å². The maximum atomic E-state index is 13.7. The third-order valence-corrected chi connectivity index (χ3v) is 4.12. The molecule has 1 heterocycles. The van der Waals surface area contributed by atoms with E-state index in [1.54, 1.807) is 12.1 Å². The van der Waals surface area contributed by atoms with Crippen LogP contribution in [-0.4, -0.2) is 10.2 Å². The molecule has 0 aliphatic carbocycles. The maximum absolute atomic E-state index is 13.7. The summed E-state index contributed by atoms with van der Waals surface area (Å²) in [6, 6.07) is 10.7. The Morgan fingerprint density at radius 1 is 1.00 bits per heavy atom. The van der Waals surface area contributed by atoms with E-state index in [2.05, 4.69) is 32.8 Å². The molecule has 17 heavy (non-hydrogen) atoms. The second kappa shape index (κ2) is 4.30. The average Bonchev–Trinajstić information content (AvgIpc) is 2.77. The Morgan fingerprint density at radius 3 is 2.47 bits per heavy atom. The van der Waals surface area contributed by atoms with Crippen molar-refractivity contribution in [1.29, 1.82) is 0 Å². The third-order valence-electron chi connectivity index (χ3n) is 2.50. The Bertz CT molecular complexity index is 696. The Kier molecular flexibility index (Phi) is 2.79. The van der Waals surface area contributed by atoms with Crippen molar-refractivity contribution in [1.82, 2.24) is 10.2 Å². The molecule has 3 rings (SSSR count). The van der Waals surface area contributed by atoms with Crippen LogP contribution in [0.2, 0.25) is 0 Å². The van der Waals surface area contributed by atoms with Crippen molar-refractivity contribution in [3.63, 3.8) is 0 Å². The fraction of sp³-hybridized carbons (Fsp3) is 0. The number of aromatic nitrogens is 2. The van der Waals surface area contributed by atoms with Crippen LogP contribution in [0.3, 0.4) is 0 Å². The van der Waals surface area contributed by atoms with Gasteiger partial charge in [0, 0.05) is 10.9 Å². The van der Waals surface area contributed by atoms with Crippen LogP contribution in [0.25, 0.3) is 21.3 Å². The van der Waals surface area contributed by atoms with Gasteiger partial charge in [0.05, 0.1) is 0 Å². The molecule has 0 saturated heterocycles. The molecule has 0 aliphatic heterocycles. The van der Waals surface area contributed by atoms with Gasteiger partial charge in [-0.2, -0.15) is 0 Å². The van der Waals surface area contributed by atoms with E-state index in [1.807, 2.05) is 18.2 Å². The summed E-state index contributed by atoms with van der Waals surface area (Å²) in [5, 5.41) is 10.4. The van der Waals surface area contributed by atoms with E-state index in [9.17, 15) is 4.39 Å². The first-order valence-electron chi connectivity index (χ1n) is 4.92. The highest BCUT2D eigenvalue weighted by atomic mass is 127. The van der Waals surface area contributed by atoms with Crippen LogP contribution >= 0.6 is 33.9 Å². The Morgan fingerprint density at radius 2 is 1.76 bits per heavy atom. The fourth-order valence-corrected chi connectivity index (χ4v) is 3.11. The monoisotopic (exact) mass is 356 g/mol. The highest BCUT2D eigenvalue weighted by Gasteiger charge is 2.10. The number of fused-ring (bicyclic) bond motifs is 1. The molecule has 0 aliphatic rings. The van der Waals surface area contributed by atoms with Crippen LogP contribution in [0.5, 0.6) is 0 Å². The first-order valence-corrected chi connectivity index (χ1v) is 6.82. The lowest BCUT2D eigenvalue weighted by molar-refractivity contribution is 0.640. The van der Waals surface area contributed by atoms with Gasteiger partial charge in [-0.3, -0.25) is 0 Å². The first-order chi connectivity index (χ1) is 8.25. The van der Waals surface area contributed by atoms with Gasteiger partial charge in [0.25, 0.3) is 0 Å². The number of nitrogens with zero attached hydrogens (tertiary/aromatic N) is 2. The standard InChI is InChI=1S/C12H6FIN2S/c13-10-6-5-9(11-15-16-12(14)17-11)7-3-1-2-4-8(7)10/h1-6H. The molecule has 1 aromatic heterocycles. The van der Waals surface area contributed by atoms with Crippen molar-refractivity contribution in [2.75, 3.05) is 0 Å². The quantitative estimate of drug-likeness (QED) is 0.614. The number of hydrogen-bond acceptors (Lipinski definition) is 3.